The maximum Gasteiger partial charge on any atom is 0.224 e. The van der Waals surface area contributed by atoms with Crippen molar-refractivity contribution in [3.8, 4) is 0 Å². The number of hydrogen-bond acceptors (Lipinski definition) is 5. The molecule has 2 heterocycles. The first kappa shape index (κ1) is 14.8. The highest BCUT2D eigenvalue weighted by Crippen LogP contribution is 2.28. The predicted octanol–water partition coefficient (Wildman–Crippen LogP) is 4.07. The summed E-state index contributed by atoms with van der Waals surface area (Å²) in [5.41, 5.74) is 2.40. The van der Waals surface area contributed by atoms with Crippen LogP contribution in [0.25, 0.3) is 0 Å². The summed E-state index contributed by atoms with van der Waals surface area (Å²) < 4.78 is 0. The fourth-order valence-electron chi connectivity index (χ4n) is 2.19. The first-order valence-electron chi connectivity index (χ1n) is 6.92. The van der Waals surface area contributed by atoms with E-state index in [-0.39, 0.29) is 6.04 Å². The number of nitrogens with one attached hydrogen (secondary N) is 2. The third-order valence-electron chi connectivity index (χ3n) is 3.21. The van der Waals surface area contributed by atoms with Crippen molar-refractivity contribution >= 4 is 23.1 Å². The largest absolute Gasteiger partial charge is 0.363 e. The highest BCUT2D eigenvalue weighted by molar-refractivity contribution is 7.12. The molecule has 1 unspecified atom stereocenters. The maximum atomic E-state index is 4.53. The summed E-state index contributed by atoms with van der Waals surface area (Å²) in [6.45, 7) is 11.4. The molecule has 0 aliphatic rings. The Kier molecular flexibility index (Phi) is 4.60. The summed E-state index contributed by atoms with van der Waals surface area (Å²) in [5, 5.41) is 6.64. The Morgan fingerprint density at radius 3 is 2.65 bits per heavy atom. The molecule has 2 aromatic heterocycles. The second-order valence-corrected chi connectivity index (χ2v) is 6.45. The summed E-state index contributed by atoms with van der Waals surface area (Å²) in [4.78, 5) is 11.5. The average Bonchev–Trinajstić information content (AvgIpc) is 2.73. The van der Waals surface area contributed by atoms with Crippen LogP contribution in [0.3, 0.4) is 0 Å². The number of hydrogen-bond donors (Lipinski definition) is 2. The van der Waals surface area contributed by atoms with Gasteiger partial charge in [-0.15, -0.1) is 11.3 Å². The molecule has 0 fully saturated rings. The molecule has 108 valence electrons. The Hall–Kier alpha value is -1.62. The molecule has 1 atom stereocenters. The van der Waals surface area contributed by atoms with Crippen LogP contribution in [0.5, 0.6) is 0 Å². The van der Waals surface area contributed by atoms with Crippen molar-refractivity contribution < 1.29 is 0 Å². The van der Waals surface area contributed by atoms with Crippen molar-refractivity contribution in [3.05, 3.63) is 33.1 Å². The number of rotatable bonds is 5. The predicted molar refractivity (Wildman–Crippen MR) is 86.8 cm³/mol. The van der Waals surface area contributed by atoms with Gasteiger partial charge in [0.05, 0.1) is 6.04 Å². The molecule has 0 saturated heterocycles. The molecule has 2 aromatic rings. The number of aromatic nitrogens is 2. The van der Waals surface area contributed by atoms with Gasteiger partial charge in [-0.3, -0.25) is 0 Å². The van der Waals surface area contributed by atoms with E-state index >= 15 is 0 Å². The van der Waals surface area contributed by atoms with Gasteiger partial charge in [0.1, 0.15) is 5.82 Å². The highest BCUT2D eigenvalue weighted by atomic mass is 32.1. The minimum Gasteiger partial charge on any atom is -0.363 e. The summed E-state index contributed by atoms with van der Waals surface area (Å²) in [6.07, 6.45) is 1.85. The first-order valence-corrected chi connectivity index (χ1v) is 7.74. The molecular formula is C15H22N4S. The van der Waals surface area contributed by atoms with Crippen LogP contribution < -0.4 is 10.6 Å². The molecule has 0 amide bonds. The van der Waals surface area contributed by atoms with Crippen LogP contribution in [0, 0.1) is 20.8 Å². The molecule has 0 aliphatic heterocycles. The fraction of sp³-hybridized carbons (Fsp3) is 0.467. The maximum absolute atomic E-state index is 4.53. The third-order valence-corrected chi connectivity index (χ3v) is 4.19. The molecule has 4 nitrogen and oxygen atoms in total. The van der Waals surface area contributed by atoms with Gasteiger partial charge in [0.25, 0.3) is 0 Å². The van der Waals surface area contributed by atoms with Crippen molar-refractivity contribution in [1.29, 1.82) is 0 Å². The van der Waals surface area contributed by atoms with E-state index in [1.807, 2.05) is 31.4 Å². The van der Waals surface area contributed by atoms with E-state index in [0.29, 0.717) is 5.95 Å². The van der Waals surface area contributed by atoms with Gasteiger partial charge < -0.3 is 10.6 Å². The van der Waals surface area contributed by atoms with E-state index < -0.39 is 0 Å². The molecule has 0 spiro atoms. The van der Waals surface area contributed by atoms with Gasteiger partial charge in [0.15, 0.2) is 0 Å². The van der Waals surface area contributed by atoms with Crippen LogP contribution >= 0.6 is 11.3 Å². The molecule has 5 heteroatoms. The van der Waals surface area contributed by atoms with E-state index in [1.54, 1.807) is 0 Å². The smallest absolute Gasteiger partial charge is 0.224 e. The molecule has 0 saturated carbocycles. The Morgan fingerprint density at radius 2 is 2.05 bits per heavy atom. The summed E-state index contributed by atoms with van der Waals surface area (Å²) in [6, 6.07) is 2.49. The number of anilines is 2. The van der Waals surface area contributed by atoms with E-state index in [4.69, 9.17) is 0 Å². The van der Waals surface area contributed by atoms with Crippen LogP contribution in [-0.2, 0) is 0 Å². The zero-order valence-electron chi connectivity index (χ0n) is 12.7. The van der Waals surface area contributed by atoms with Crippen LogP contribution in [0.1, 0.15) is 40.8 Å². The lowest BCUT2D eigenvalue weighted by Crippen LogP contribution is -2.11. The topological polar surface area (TPSA) is 49.8 Å². The summed E-state index contributed by atoms with van der Waals surface area (Å²) in [5.74, 6) is 1.57. The van der Waals surface area contributed by atoms with Crippen molar-refractivity contribution in [1.82, 2.24) is 9.97 Å². The van der Waals surface area contributed by atoms with E-state index in [2.05, 4.69) is 47.4 Å². The van der Waals surface area contributed by atoms with E-state index in [1.165, 1.54) is 15.3 Å². The van der Waals surface area contributed by atoms with Crippen molar-refractivity contribution in [3.63, 3.8) is 0 Å². The molecular weight excluding hydrogens is 268 g/mol. The SMILES string of the molecule is CCNc1ncc(C)c(NC(C)c2cc(C)sc2C)n1. The minimum absolute atomic E-state index is 0.239. The first-order chi connectivity index (χ1) is 9.51. The van der Waals surface area contributed by atoms with Gasteiger partial charge in [0, 0.05) is 28.1 Å². The number of thiophene rings is 1. The highest BCUT2D eigenvalue weighted by Gasteiger charge is 2.13. The lowest BCUT2D eigenvalue weighted by Gasteiger charge is -2.17. The molecule has 0 aliphatic carbocycles. The van der Waals surface area contributed by atoms with Crippen molar-refractivity contribution in [2.45, 2.75) is 40.7 Å². The van der Waals surface area contributed by atoms with Gasteiger partial charge in [-0.2, -0.15) is 4.98 Å². The van der Waals surface area contributed by atoms with Crippen LogP contribution in [0.15, 0.2) is 12.3 Å². The van der Waals surface area contributed by atoms with E-state index in [0.717, 1.165) is 17.9 Å². The summed E-state index contributed by atoms with van der Waals surface area (Å²) >= 11 is 1.84. The Balaban J connectivity index is 2.20. The molecule has 0 aromatic carbocycles. The van der Waals surface area contributed by atoms with Crippen molar-refractivity contribution in [2.24, 2.45) is 0 Å². The second-order valence-electron chi connectivity index (χ2n) is 4.99. The van der Waals surface area contributed by atoms with Gasteiger partial charge in [-0.1, -0.05) is 0 Å². The number of aryl methyl sites for hydroxylation is 3. The van der Waals surface area contributed by atoms with Crippen LogP contribution in [-0.4, -0.2) is 16.5 Å². The molecule has 0 radical (unpaired) electrons. The standard InChI is InChI=1S/C15H22N4S/c1-6-16-15-17-8-9(2)14(19-15)18-11(4)13-7-10(3)20-12(13)5/h7-8,11H,6H2,1-5H3,(H2,16,17,18,19). The van der Waals surface area contributed by atoms with Crippen LogP contribution in [0.2, 0.25) is 0 Å². The Bertz CT molecular complexity index is 592. The zero-order chi connectivity index (χ0) is 14.7. The lowest BCUT2D eigenvalue weighted by molar-refractivity contribution is 0.865. The lowest BCUT2D eigenvalue weighted by atomic mass is 10.1. The molecule has 2 N–H and O–H groups in total. The van der Waals surface area contributed by atoms with Gasteiger partial charge >= 0.3 is 0 Å². The van der Waals surface area contributed by atoms with Gasteiger partial charge in [-0.05, 0) is 46.2 Å². The Labute approximate surface area is 124 Å². The fourth-order valence-corrected chi connectivity index (χ4v) is 3.22. The third kappa shape index (κ3) is 3.28. The van der Waals surface area contributed by atoms with E-state index in [9.17, 15) is 0 Å². The minimum atomic E-state index is 0.239. The quantitative estimate of drug-likeness (QED) is 0.871. The second kappa shape index (κ2) is 6.22. The van der Waals surface area contributed by atoms with Crippen LogP contribution in [0.4, 0.5) is 11.8 Å². The molecule has 20 heavy (non-hydrogen) atoms. The monoisotopic (exact) mass is 290 g/mol. The molecule has 2 rings (SSSR count). The van der Waals surface area contributed by atoms with Gasteiger partial charge in [-0.25, -0.2) is 4.98 Å². The Morgan fingerprint density at radius 1 is 1.30 bits per heavy atom. The van der Waals surface area contributed by atoms with Crippen molar-refractivity contribution in [2.75, 3.05) is 17.2 Å². The number of nitrogens with zero attached hydrogens (tertiary/aromatic N) is 2. The average molecular weight is 290 g/mol. The normalized spacial score (nSPS) is 12.2. The summed E-state index contributed by atoms with van der Waals surface area (Å²) in [7, 11) is 0. The zero-order valence-corrected chi connectivity index (χ0v) is 13.6. The molecule has 0 bridgehead atoms. The van der Waals surface area contributed by atoms with Gasteiger partial charge in [0.2, 0.25) is 5.95 Å².